The van der Waals surface area contributed by atoms with E-state index in [-0.39, 0.29) is 0 Å². The van der Waals surface area contributed by atoms with E-state index in [2.05, 4.69) is 13.2 Å². The fourth-order valence-corrected chi connectivity index (χ4v) is 1.76. The highest BCUT2D eigenvalue weighted by atomic mass is 35.5. The van der Waals surface area contributed by atoms with Crippen LogP contribution in [0.3, 0.4) is 0 Å². The minimum absolute atomic E-state index is 0.485. The molecule has 0 spiro atoms. The van der Waals surface area contributed by atoms with Gasteiger partial charge in [-0.15, -0.1) is 13.2 Å². The summed E-state index contributed by atoms with van der Waals surface area (Å²) in [5.74, 6) is 0. The number of aliphatic hydroxyl groups is 1. The van der Waals surface area contributed by atoms with Crippen molar-refractivity contribution in [2.45, 2.75) is 18.4 Å². The third-order valence-electron chi connectivity index (χ3n) is 2.33. The summed E-state index contributed by atoms with van der Waals surface area (Å²) in [4.78, 5) is 0. The molecule has 0 fully saturated rings. The predicted molar refractivity (Wildman–Crippen MR) is 65.0 cm³/mol. The van der Waals surface area contributed by atoms with Crippen molar-refractivity contribution in [1.82, 2.24) is 0 Å². The fourth-order valence-electron chi connectivity index (χ4n) is 1.57. The summed E-state index contributed by atoms with van der Waals surface area (Å²) >= 11 is 5.89. The Balaban J connectivity index is 3.07. The molecule has 1 aromatic rings. The zero-order valence-corrected chi connectivity index (χ0v) is 9.37. The molecule has 0 heterocycles. The van der Waals surface area contributed by atoms with E-state index in [1.165, 1.54) is 0 Å². The molecule has 1 rings (SSSR count). The molecule has 80 valence electrons. The first kappa shape index (κ1) is 12.0. The molecule has 0 amide bonds. The van der Waals surface area contributed by atoms with Gasteiger partial charge >= 0.3 is 0 Å². The van der Waals surface area contributed by atoms with Gasteiger partial charge in [0, 0.05) is 5.02 Å². The maximum Gasteiger partial charge on any atom is 0.0965 e. The highest BCUT2D eigenvalue weighted by molar-refractivity contribution is 6.30. The molecule has 0 aliphatic rings. The van der Waals surface area contributed by atoms with Crippen LogP contribution in [0.2, 0.25) is 5.02 Å². The quantitative estimate of drug-likeness (QED) is 0.754. The molecule has 0 atom stereocenters. The van der Waals surface area contributed by atoms with Crippen molar-refractivity contribution in [2.75, 3.05) is 0 Å². The van der Waals surface area contributed by atoms with Gasteiger partial charge in [0.05, 0.1) is 5.60 Å². The molecule has 1 nitrogen and oxygen atoms in total. The first-order valence-corrected chi connectivity index (χ1v) is 5.20. The first-order valence-electron chi connectivity index (χ1n) is 4.82. The third kappa shape index (κ3) is 2.95. The summed E-state index contributed by atoms with van der Waals surface area (Å²) in [6.45, 7) is 7.30. The molecule has 0 bridgehead atoms. The van der Waals surface area contributed by atoms with Crippen molar-refractivity contribution in [3.8, 4) is 0 Å². The van der Waals surface area contributed by atoms with Crippen LogP contribution in [0.15, 0.2) is 49.6 Å². The lowest BCUT2D eigenvalue weighted by atomic mass is 9.87. The van der Waals surface area contributed by atoms with Crippen molar-refractivity contribution in [1.29, 1.82) is 0 Å². The fraction of sp³-hybridized carbons (Fsp3) is 0.231. The minimum Gasteiger partial charge on any atom is -0.385 e. The van der Waals surface area contributed by atoms with Crippen molar-refractivity contribution < 1.29 is 5.11 Å². The van der Waals surface area contributed by atoms with E-state index in [1.807, 2.05) is 12.1 Å². The second-order valence-electron chi connectivity index (χ2n) is 3.53. The molecule has 0 saturated heterocycles. The molecular formula is C13H15ClO. The summed E-state index contributed by atoms with van der Waals surface area (Å²) in [5.41, 5.74) is -0.135. The molecule has 1 N–H and O–H groups in total. The summed E-state index contributed by atoms with van der Waals surface area (Å²) in [5, 5.41) is 11.0. The maximum atomic E-state index is 10.4. The summed E-state index contributed by atoms with van der Waals surface area (Å²) in [6, 6.07) is 7.25. The highest BCUT2D eigenvalue weighted by Crippen LogP contribution is 2.30. The van der Waals surface area contributed by atoms with Crippen LogP contribution in [0.5, 0.6) is 0 Å². The monoisotopic (exact) mass is 222 g/mol. The molecule has 0 aromatic heterocycles. The van der Waals surface area contributed by atoms with Gasteiger partial charge in [0.1, 0.15) is 0 Å². The number of hydrogen-bond acceptors (Lipinski definition) is 1. The van der Waals surface area contributed by atoms with Gasteiger partial charge in [-0.2, -0.15) is 0 Å². The lowest BCUT2D eigenvalue weighted by molar-refractivity contribution is 0.0430. The van der Waals surface area contributed by atoms with Gasteiger partial charge in [0.2, 0.25) is 0 Å². The average molecular weight is 223 g/mol. The Morgan fingerprint density at radius 1 is 1.27 bits per heavy atom. The number of halogens is 1. The Morgan fingerprint density at radius 2 is 1.87 bits per heavy atom. The smallest absolute Gasteiger partial charge is 0.0965 e. The largest absolute Gasteiger partial charge is 0.385 e. The summed E-state index contributed by atoms with van der Waals surface area (Å²) in [6.07, 6.45) is 4.37. The van der Waals surface area contributed by atoms with E-state index in [0.29, 0.717) is 17.9 Å². The lowest BCUT2D eigenvalue weighted by Crippen LogP contribution is -2.24. The van der Waals surface area contributed by atoms with Gasteiger partial charge in [0.15, 0.2) is 0 Å². The topological polar surface area (TPSA) is 20.2 Å². The number of hydrogen-bond donors (Lipinski definition) is 1. The number of rotatable bonds is 5. The molecule has 0 aliphatic heterocycles. The molecular weight excluding hydrogens is 208 g/mol. The first-order chi connectivity index (χ1) is 7.12. The second kappa shape index (κ2) is 5.15. The summed E-state index contributed by atoms with van der Waals surface area (Å²) in [7, 11) is 0. The van der Waals surface area contributed by atoms with Crippen LogP contribution in [0.25, 0.3) is 0 Å². The Hall–Kier alpha value is -1.05. The molecule has 15 heavy (non-hydrogen) atoms. The van der Waals surface area contributed by atoms with Gasteiger partial charge in [-0.05, 0) is 30.5 Å². The van der Waals surface area contributed by atoms with Crippen LogP contribution < -0.4 is 0 Å². The molecule has 0 saturated carbocycles. The van der Waals surface area contributed by atoms with Crippen LogP contribution in [0.1, 0.15) is 18.4 Å². The van der Waals surface area contributed by atoms with Crippen LogP contribution in [-0.4, -0.2) is 5.11 Å². The predicted octanol–water partition coefficient (Wildman–Crippen LogP) is 3.68. The van der Waals surface area contributed by atoms with E-state index in [4.69, 9.17) is 11.6 Å². The zero-order chi connectivity index (χ0) is 11.3. The number of benzene rings is 1. The average Bonchev–Trinajstić information content (AvgIpc) is 2.18. The van der Waals surface area contributed by atoms with Crippen molar-refractivity contribution in [2.24, 2.45) is 0 Å². The van der Waals surface area contributed by atoms with Gasteiger partial charge in [-0.3, -0.25) is 0 Å². The zero-order valence-electron chi connectivity index (χ0n) is 8.62. The van der Waals surface area contributed by atoms with E-state index in [0.717, 1.165) is 5.56 Å². The Kier molecular flexibility index (Phi) is 4.13. The van der Waals surface area contributed by atoms with E-state index >= 15 is 0 Å². The maximum absolute atomic E-state index is 10.4. The molecule has 2 heteroatoms. The molecule has 0 unspecified atom stereocenters. The molecule has 0 radical (unpaired) electrons. The van der Waals surface area contributed by atoms with Crippen LogP contribution in [-0.2, 0) is 5.60 Å². The van der Waals surface area contributed by atoms with Crippen LogP contribution in [0, 0.1) is 0 Å². The Morgan fingerprint density at radius 3 is 2.33 bits per heavy atom. The van der Waals surface area contributed by atoms with Crippen molar-refractivity contribution in [3.63, 3.8) is 0 Å². The SMILES string of the molecule is C=CCC(O)(CC=C)c1cccc(Cl)c1. The summed E-state index contributed by atoms with van der Waals surface area (Å²) < 4.78 is 0. The third-order valence-corrected chi connectivity index (χ3v) is 2.56. The highest BCUT2D eigenvalue weighted by Gasteiger charge is 2.26. The Labute approximate surface area is 95.7 Å². The van der Waals surface area contributed by atoms with E-state index < -0.39 is 5.60 Å². The van der Waals surface area contributed by atoms with Crippen molar-refractivity contribution in [3.05, 3.63) is 60.2 Å². The van der Waals surface area contributed by atoms with Gasteiger partial charge in [0.25, 0.3) is 0 Å². The Bertz CT molecular complexity index is 347. The van der Waals surface area contributed by atoms with E-state index in [9.17, 15) is 5.11 Å². The van der Waals surface area contributed by atoms with Crippen LogP contribution >= 0.6 is 11.6 Å². The van der Waals surface area contributed by atoms with Crippen molar-refractivity contribution >= 4 is 11.6 Å². The standard InChI is InChI=1S/C13H15ClO/c1-3-8-13(15,9-4-2)11-6-5-7-12(14)10-11/h3-7,10,15H,1-2,8-9H2. The normalized spacial score (nSPS) is 11.1. The second-order valence-corrected chi connectivity index (χ2v) is 3.96. The minimum atomic E-state index is -0.936. The van der Waals surface area contributed by atoms with Gasteiger partial charge in [-0.25, -0.2) is 0 Å². The van der Waals surface area contributed by atoms with Gasteiger partial charge < -0.3 is 5.11 Å². The molecule has 0 aliphatic carbocycles. The van der Waals surface area contributed by atoms with Gasteiger partial charge in [-0.1, -0.05) is 35.9 Å². The van der Waals surface area contributed by atoms with E-state index in [1.54, 1.807) is 24.3 Å². The van der Waals surface area contributed by atoms with Crippen LogP contribution in [0.4, 0.5) is 0 Å². The molecule has 1 aromatic carbocycles. The lowest BCUT2D eigenvalue weighted by Gasteiger charge is -2.26.